The van der Waals surface area contributed by atoms with E-state index in [1.54, 1.807) is 38.3 Å². The number of nitrogens with one attached hydrogen (secondary N) is 7. The number of halogens is 1. The molecule has 1 aromatic carbocycles. The first-order valence-corrected chi connectivity index (χ1v) is 27.9. The van der Waals surface area contributed by atoms with Crippen molar-refractivity contribution in [3.05, 3.63) is 73.8 Å². The zero-order chi connectivity index (χ0) is 64.5. The van der Waals surface area contributed by atoms with Crippen LogP contribution in [0.25, 0.3) is 22.3 Å². The number of alkyl carbamates (subject to hydrolysis) is 1. The van der Waals surface area contributed by atoms with E-state index in [1.165, 1.54) is 6.07 Å². The first-order valence-electron chi connectivity index (χ1n) is 27.9. The highest BCUT2D eigenvalue weighted by molar-refractivity contribution is 6.12. The van der Waals surface area contributed by atoms with Crippen LogP contribution >= 0.6 is 0 Å². The van der Waals surface area contributed by atoms with Crippen LogP contribution in [0.5, 0.6) is 0 Å². The highest BCUT2D eigenvalue weighted by Gasteiger charge is 2.38. The lowest BCUT2D eigenvalue weighted by molar-refractivity contribution is -0.148. The van der Waals surface area contributed by atoms with Crippen LogP contribution in [0.1, 0.15) is 112 Å². The van der Waals surface area contributed by atoms with Gasteiger partial charge < -0.3 is 77.3 Å². The smallest absolute Gasteiger partial charge is 0.407 e. The van der Waals surface area contributed by atoms with Gasteiger partial charge in [-0.3, -0.25) is 57.6 Å². The Balaban J connectivity index is 0.000000963. The molecular formula is C56H75FN12O18. The van der Waals surface area contributed by atoms with Gasteiger partial charge >= 0.3 is 24.1 Å². The van der Waals surface area contributed by atoms with E-state index in [0.717, 1.165) is 29.0 Å². The number of primary amides is 2. The number of aromatic nitrogens is 2. The quantitative estimate of drug-likeness (QED) is 0.0134. The molecule has 87 heavy (non-hydrogen) atoms. The molecule has 0 radical (unpaired) electrons. The Morgan fingerprint density at radius 3 is 2.11 bits per heavy atom. The number of carbonyl (C=O) groups is 12. The lowest BCUT2D eigenvalue weighted by atomic mass is 9.81. The molecule has 12 N–H and O–H groups in total. The zero-order valence-electron chi connectivity index (χ0n) is 49.2. The Morgan fingerprint density at radius 2 is 1.49 bits per heavy atom. The normalized spacial score (nSPS) is 15.0. The molecule has 7 rings (SSSR count). The van der Waals surface area contributed by atoms with Gasteiger partial charge in [-0.15, -0.1) is 0 Å². The first kappa shape index (κ1) is 70.1. The van der Waals surface area contributed by atoms with E-state index in [1.807, 2.05) is 13.8 Å². The van der Waals surface area contributed by atoms with Gasteiger partial charge in [0.25, 0.3) is 17.4 Å². The van der Waals surface area contributed by atoms with Crippen molar-refractivity contribution in [2.24, 2.45) is 17.4 Å². The summed E-state index contributed by atoms with van der Waals surface area (Å²) in [6.45, 7) is 9.15. The number of hydrogen-bond donors (Lipinski definition) is 10. The number of rotatable bonds is 25. The summed E-state index contributed by atoms with van der Waals surface area (Å²) in [5, 5.41) is 25.9. The maximum atomic E-state index is 15.3. The summed E-state index contributed by atoms with van der Waals surface area (Å²) >= 11 is 0. The average Bonchev–Trinajstić information content (AvgIpc) is 1.68. The fourth-order valence-electron chi connectivity index (χ4n) is 9.23. The van der Waals surface area contributed by atoms with Gasteiger partial charge in [0.15, 0.2) is 0 Å². The van der Waals surface area contributed by atoms with Crippen molar-refractivity contribution in [2.75, 3.05) is 65.9 Å². The fraction of sp³-hybridized carbons (Fsp3) is 0.500. The minimum Gasteiger partial charge on any atom is -0.481 e. The first-order chi connectivity index (χ1) is 41.4. The number of pyridine rings is 2. The molecule has 0 saturated carbocycles. The second kappa shape index (κ2) is 34.5. The number of cyclic esters (lactones) is 1. The summed E-state index contributed by atoms with van der Waals surface area (Å²) in [5.41, 5.74) is 13.6. The number of benzene rings is 1. The molecule has 0 bridgehead atoms. The minimum atomic E-state index is -1.07. The number of carboxylic acid groups (broad SMARTS) is 1. The van der Waals surface area contributed by atoms with Gasteiger partial charge in [0.1, 0.15) is 31.8 Å². The third-order valence-electron chi connectivity index (χ3n) is 13.6. The Hall–Kier alpha value is -9.39. The molecular weight excluding hydrogens is 1150 g/mol. The summed E-state index contributed by atoms with van der Waals surface area (Å²) in [6, 6.07) is 1.06. The summed E-state index contributed by atoms with van der Waals surface area (Å²) < 4.78 is 38.3. The number of aliphatic carboxylic acids is 1. The van der Waals surface area contributed by atoms with Crippen LogP contribution in [-0.2, 0) is 86.5 Å². The third-order valence-corrected chi connectivity index (χ3v) is 13.6. The molecule has 5 heterocycles. The van der Waals surface area contributed by atoms with Crippen LogP contribution in [-0.4, -0.2) is 163 Å². The molecule has 2 aromatic heterocycles. The van der Waals surface area contributed by atoms with Crippen LogP contribution in [0.2, 0.25) is 0 Å². The zero-order valence-corrected chi connectivity index (χ0v) is 49.2. The summed E-state index contributed by atoms with van der Waals surface area (Å²) in [6.07, 6.45) is 4.12. The number of esters is 1. The van der Waals surface area contributed by atoms with Crippen LogP contribution in [0, 0.1) is 18.7 Å². The van der Waals surface area contributed by atoms with Gasteiger partial charge in [-0.1, -0.05) is 34.6 Å². The Bertz CT molecular complexity index is 3150. The second-order valence-corrected chi connectivity index (χ2v) is 19.9. The number of nitrogens with two attached hydrogens (primary N) is 2. The van der Waals surface area contributed by atoms with Crippen LogP contribution < -0.4 is 54.2 Å². The summed E-state index contributed by atoms with van der Waals surface area (Å²) in [4.78, 5) is 159. The van der Waals surface area contributed by atoms with Crippen molar-refractivity contribution in [1.82, 2.24) is 51.7 Å². The van der Waals surface area contributed by atoms with Crippen molar-refractivity contribution in [2.45, 2.75) is 111 Å². The Morgan fingerprint density at radius 1 is 0.851 bits per heavy atom. The number of aryl methyl sites for hydroxylation is 1. The van der Waals surface area contributed by atoms with E-state index in [-0.39, 0.29) is 77.7 Å². The SMILES string of the molecule is CCC(=O)O.CCC1C(=O)OCc2c1cc1n(c2=O)Cc2c-1nc1cc(F)c(C)c3c1c2C(NC(=O)OCCOCNC(=O)CNC(=O)C(NC(=O)CNC(=O)CNC(=O)CCOCCN1C(=O)C=CC1=O)C(C)C)CC3.CCCNC(N)=O.NC=O. The number of ether oxygens (including phenoxy) is 4. The number of carboxylic acids is 1. The van der Waals surface area contributed by atoms with Gasteiger partial charge in [0.2, 0.25) is 35.9 Å². The number of amides is 11. The highest BCUT2D eigenvalue weighted by atomic mass is 19.1. The molecule has 31 heteroatoms. The molecule has 0 fully saturated rings. The van der Waals surface area contributed by atoms with Crippen LogP contribution in [0.4, 0.5) is 14.0 Å². The predicted molar refractivity (Wildman–Crippen MR) is 306 cm³/mol. The molecule has 0 spiro atoms. The van der Waals surface area contributed by atoms with Crippen molar-refractivity contribution in [3.63, 3.8) is 0 Å². The van der Waals surface area contributed by atoms with E-state index >= 15 is 4.39 Å². The maximum Gasteiger partial charge on any atom is 0.407 e. The standard InChI is InChI=1S/C48H56FN9O14.C4H10N2O.C3H6O2.CH3NO/c1-5-26-28-16-34-44-29(21-58(34)46(66)30(28)22-72-47(26)67)42-32(7-6-27-25(4)31(49)17-33(54-44)41(27)42)55-48(68)71-15-14-70-23-53-37(61)19-52-45(65)43(24(2)3)56-38(62)20-51-36(60)18-50-35(59)10-12-69-13-11-57-39(63)8-9-40(57)64;1-2-3-6-4(5)7;1-2-3(4)5;2-1-3/h8-9,16-17,24,26,32,43H,5-7,10-15,18-23H2,1-4H3,(H,50,59)(H,51,60)(H,52,65)(H,53,61)(H,55,68)(H,56,62);2-3H2,1H3,(H3,5,6,7);2H2,1H3,(H,4,5);1H,(H2,2,3). The van der Waals surface area contributed by atoms with Crippen molar-refractivity contribution in [1.29, 1.82) is 0 Å². The molecule has 0 saturated heterocycles. The maximum absolute atomic E-state index is 15.3. The van der Waals surface area contributed by atoms with Crippen molar-refractivity contribution < 1.29 is 86.0 Å². The van der Waals surface area contributed by atoms with Crippen molar-refractivity contribution >= 4 is 82.7 Å². The number of urea groups is 1. The van der Waals surface area contributed by atoms with Gasteiger partial charge in [-0.05, 0) is 66.8 Å². The molecule has 3 atom stereocenters. The molecule has 11 amide bonds. The Kier molecular flexibility index (Phi) is 27.8. The molecule has 30 nitrogen and oxygen atoms in total. The highest BCUT2D eigenvalue weighted by Crippen LogP contribution is 2.45. The monoisotopic (exact) mass is 1220 g/mol. The minimum absolute atomic E-state index is 0.0232. The lowest BCUT2D eigenvalue weighted by Gasteiger charge is -2.29. The second-order valence-electron chi connectivity index (χ2n) is 19.9. The van der Waals surface area contributed by atoms with E-state index in [9.17, 15) is 57.5 Å². The largest absolute Gasteiger partial charge is 0.481 e. The average molecular weight is 1220 g/mol. The van der Waals surface area contributed by atoms with E-state index < -0.39 is 115 Å². The topological polar surface area (TPSA) is 436 Å². The van der Waals surface area contributed by atoms with Crippen LogP contribution in [0.15, 0.2) is 29.1 Å². The van der Waals surface area contributed by atoms with Gasteiger partial charge in [-0.25, -0.2) is 19.0 Å². The number of imide groups is 1. The summed E-state index contributed by atoms with van der Waals surface area (Å²) in [5.74, 6) is -6.66. The van der Waals surface area contributed by atoms with E-state index in [4.69, 9.17) is 39.6 Å². The lowest BCUT2D eigenvalue weighted by Crippen LogP contribution is -2.53. The number of fused-ring (bicyclic) bond motifs is 5. The molecule has 3 unspecified atom stereocenters. The van der Waals surface area contributed by atoms with Crippen LogP contribution in [0.3, 0.4) is 0 Å². The predicted octanol–water partition coefficient (Wildman–Crippen LogP) is -0.305. The third kappa shape index (κ3) is 20.1. The number of hydrogen-bond acceptors (Lipinski definition) is 18. The number of nitrogens with zero attached hydrogens (tertiary/aromatic N) is 3. The van der Waals surface area contributed by atoms with E-state index in [2.05, 4.69) is 43.0 Å². The summed E-state index contributed by atoms with van der Waals surface area (Å²) in [7, 11) is 0. The van der Waals surface area contributed by atoms with Crippen molar-refractivity contribution in [3.8, 4) is 11.4 Å². The fourth-order valence-corrected chi connectivity index (χ4v) is 9.23. The van der Waals surface area contributed by atoms with Gasteiger partial charge in [-0.2, -0.15) is 0 Å². The number of carbonyl (C=O) groups excluding carboxylic acids is 11. The Labute approximate surface area is 498 Å². The molecule has 4 aliphatic rings. The molecule has 474 valence electrons. The molecule has 3 aliphatic heterocycles. The molecule has 3 aromatic rings. The van der Waals surface area contributed by atoms with Gasteiger partial charge in [0, 0.05) is 48.6 Å². The van der Waals surface area contributed by atoms with E-state index in [0.29, 0.717) is 75.9 Å². The van der Waals surface area contributed by atoms with Gasteiger partial charge in [0.05, 0.1) is 87.0 Å². The molecule has 1 aliphatic carbocycles.